The van der Waals surface area contributed by atoms with Crippen molar-refractivity contribution in [2.75, 3.05) is 5.73 Å². The molecular formula is C16H16F2N2O. The van der Waals surface area contributed by atoms with Gasteiger partial charge in [-0.05, 0) is 49.2 Å². The van der Waals surface area contributed by atoms with Crippen molar-refractivity contribution in [2.24, 2.45) is 0 Å². The van der Waals surface area contributed by atoms with E-state index < -0.39 is 11.7 Å². The van der Waals surface area contributed by atoms with Gasteiger partial charge in [-0.15, -0.1) is 0 Å². The van der Waals surface area contributed by atoms with Crippen LogP contribution in [0.4, 0.5) is 14.5 Å². The third kappa shape index (κ3) is 3.37. The van der Waals surface area contributed by atoms with E-state index in [9.17, 15) is 13.6 Å². The zero-order valence-corrected chi connectivity index (χ0v) is 11.8. The Labute approximate surface area is 121 Å². The minimum atomic E-state index is -0.569. The molecule has 0 saturated carbocycles. The van der Waals surface area contributed by atoms with E-state index in [1.54, 1.807) is 26.0 Å². The van der Waals surface area contributed by atoms with E-state index in [4.69, 9.17) is 5.73 Å². The average molecular weight is 290 g/mol. The Kier molecular flexibility index (Phi) is 4.21. The van der Waals surface area contributed by atoms with E-state index in [-0.39, 0.29) is 23.1 Å². The van der Waals surface area contributed by atoms with Crippen LogP contribution in [0.2, 0.25) is 0 Å². The zero-order valence-electron chi connectivity index (χ0n) is 11.8. The molecule has 21 heavy (non-hydrogen) atoms. The molecule has 0 fully saturated rings. The van der Waals surface area contributed by atoms with Crippen LogP contribution >= 0.6 is 0 Å². The highest BCUT2D eigenvalue weighted by Gasteiger charge is 2.13. The number of benzene rings is 2. The van der Waals surface area contributed by atoms with Crippen molar-refractivity contribution in [3.63, 3.8) is 0 Å². The number of halogens is 2. The molecule has 0 aliphatic carbocycles. The largest absolute Gasteiger partial charge is 0.396 e. The van der Waals surface area contributed by atoms with Crippen molar-refractivity contribution in [2.45, 2.75) is 19.9 Å². The van der Waals surface area contributed by atoms with E-state index in [2.05, 4.69) is 5.32 Å². The Morgan fingerprint density at radius 1 is 1.14 bits per heavy atom. The maximum Gasteiger partial charge on any atom is 0.251 e. The Morgan fingerprint density at radius 2 is 1.86 bits per heavy atom. The van der Waals surface area contributed by atoms with E-state index in [0.29, 0.717) is 11.1 Å². The SMILES string of the molecule is Cc1ccc(C(C)NC(=O)c2ccc(F)c(N)c2)cc1F. The third-order valence-electron chi connectivity index (χ3n) is 3.30. The Morgan fingerprint density at radius 3 is 2.48 bits per heavy atom. The number of hydrogen-bond donors (Lipinski definition) is 2. The van der Waals surface area contributed by atoms with E-state index in [1.165, 1.54) is 18.2 Å². The molecular weight excluding hydrogens is 274 g/mol. The highest BCUT2D eigenvalue weighted by Crippen LogP contribution is 2.18. The molecule has 1 unspecified atom stereocenters. The topological polar surface area (TPSA) is 55.1 Å². The maximum absolute atomic E-state index is 13.5. The fourth-order valence-corrected chi connectivity index (χ4v) is 1.93. The summed E-state index contributed by atoms with van der Waals surface area (Å²) in [6.45, 7) is 3.42. The van der Waals surface area contributed by atoms with E-state index in [0.717, 1.165) is 6.07 Å². The smallest absolute Gasteiger partial charge is 0.251 e. The van der Waals surface area contributed by atoms with Crippen molar-refractivity contribution in [3.05, 3.63) is 64.7 Å². The highest BCUT2D eigenvalue weighted by atomic mass is 19.1. The summed E-state index contributed by atoms with van der Waals surface area (Å²) in [6.07, 6.45) is 0. The van der Waals surface area contributed by atoms with Gasteiger partial charge in [-0.3, -0.25) is 4.79 Å². The van der Waals surface area contributed by atoms with Crippen LogP contribution in [-0.4, -0.2) is 5.91 Å². The van der Waals surface area contributed by atoms with Crippen LogP contribution in [0.5, 0.6) is 0 Å². The first-order chi connectivity index (χ1) is 9.88. The third-order valence-corrected chi connectivity index (χ3v) is 3.30. The summed E-state index contributed by atoms with van der Waals surface area (Å²) in [5.74, 6) is -1.28. The molecule has 0 aliphatic rings. The molecule has 3 N–H and O–H groups in total. The molecule has 1 atom stereocenters. The van der Waals surface area contributed by atoms with Gasteiger partial charge in [0.05, 0.1) is 11.7 Å². The van der Waals surface area contributed by atoms with Crippen LogP contribution in [-0.2, 0) is 0 Å². The minimum absolute atomic E-state index is 0.0864. The molecule has 2 aromatic carbocycles. The van der Waals surface area contributed by atoms with Crippen LogP contribution in [0.15, 0.2) is 36.4 Å². The lowest BCUT2D eigenvalue weighted by atomic mass is 10.1. The second kappa shape index (κ2) is 5.91. The number of carbonyl (C=O) groups excluding carboxylic acids is 1. The molecule has 0 spiro atoms. The quantitative estimate of drug-likeness (QED) is 0.852. The van der Waals surface area contributed by atoms with Crippen LogP contribution in [0, 0.1) is 18.6 Å². The lowest BCUT2D eigenvalue weighted by Gasteiger charge is -2.15. The van der Waals surface area contributed by atoms with Crippen molar-refractivity contribution in [3.8, 4) is 0 Å². The molecule has 0 heterocycles. The van der Waals surface area contributed by atoms with Crippen molar-refractivity contribution >= 4 is 11.6 Å². The van der Waals surface area contributed by atoms with Gasteiger partial charge in [-0.2, -0.15) is 0 Å². The molecule has 3 nitrogen and oxygen atoms in total. The van der Waals surface area contributed by atoms with Gasteiger partial charge < -0.3 is 11.1 Å². The number of carbonyl (C=O) groups is 1. The molecule has 1 amide bonds. The predicted molar refractivity (Wildman–Crippen MR) is 77.8 cm³/mol. The number of anilines is 1. The van der Waals surface area contributed by atoms with Crippen molar-refractivity contribution < 1.29 is 13.6 Å². The normalized spacial score (nSPS) is 12.0. The first-order valence-electron chi connectivity index (χ1n) is 6.50. The zero-order chi connectivity index (χ0) is 15.6. The van der Waals surface area contributed by atoms with E-state index in [1.807, 2.05) is 0 Å². The highest BCUT2D eigenvalue weighted by molar-refractivity contribution is 5.95. The number of nitrogen functional groups attached to an aromatic ring is 1. The summed E-state index contributed by atoms with van der Waals surface area (Å²) in [5.41, 5.74) is 6.80. The van der Waals surface area contributed by atoms with Crippen LogP contribution in [0.3, 0.4) is 0 Å². The molecule has 0 radical (unpaired) electrons. The Balaban J connectivity index is 2.14. The molecule has 0 aromatic heterocycles. The predicted octanol–water partition coefficient (Wildman–Crippen LogP) is 3.35. The summed E-state index contributed by atoms with van der Waals surface area (Å²) >= 11 is 0. The lowest BCUT2D eigenvalue weighted by Crippen LogP contribution is -2.26. The monoisotopic (exact) mass is 290 g/mol. The molecule has 0 saturated heterocycles. The van der Waals surface area contributed by atoms with Gasteiger partial charge in [0, 0.05) is 5.56 Å². The lowest BCUT2D eigenvalue weighted by molar-refractivity contribution is 0.0940. The number of aryl methyl sites for hydroxylation is 1. The van der Waals surface area contributed by atoms with Gasteiger partial charge >= 0.3 is 0 Å². The van der Waals surface area contributed by atoms with Crippen LogP contribution in [0.25, 0.3) is 0 Å². The molecule has 2 rings (SSSR count). The maximum atomic E-state index is 13.5. The molecule has 0 bridgehead atoms. The van der Waals surface area contributed by atoms with Gasteiger partial charge in [0.1, 0.15) is 11.6 Å². The second-order valence-corrected chi connectivity index (χ2v) is 4.94. The van der Waals surface area contributed by atoms with Gasteiger partial charge in [-0.25, -0.2) is 8.78 Å². The Hall–Kier alpha value is -2.43. The fraction of sp³-hybridized carbons (Fsp3) is 0.188. The fourth-order valence-electron chi connectivity index (χ4n) is 1.93. The summed E-state index contributed by atoms with van der Waals surface area (Å²) < 4.78 is 26.6. The van der Waals surface area contributed by atoms with Gasteiger partial charge in [0.15, 0.2) is 0 Å². The second-order valence-electron chi connectivity index (χ2n) is 4.94. The summed E-state index contributed by atoms with van der Waals surface area (Å²) in [7, 11) is 0. The van der Waals surface area contributed by atoms with E-state index >= 15 is 0 Å². The average Bonchev–Trinajstić information content (AvgIpc) is 2.44. The summed E-state index contributed by atoms with van der Waals surface area (Å²) in [4.78, 5) is 12.1. The first-order valence-corrected chi connectivity index (χ1v) is 6.50. The van der Waals surface area contributed by atoms with Crippen LogP contribution in [0.1, 0.15) is 34.5 Å². The standard InChI is InChI=1S/C16H16F2N2O/c1-9-3-4-11(7-14(9)18)10(2)20-16(21)12-5-6-13(17)15(19)8-12/h3-8,10H,19H2,1-2H3,(H,20,21). The number of amides is 1. The number of nitrogens with two attached hydrogens (primary N) is 1. The Bertz CT molecular complexity index is 686. The first kappa shape index (κ1) is 15.0. The summed E-state index contributed by atoms with van der Waals surface area (Å²) in [6, 6.07) is 8.18. The van der Waals surface area contributed by atoms with Crippen molar-refractivity contribution in [1.82, 2.24) is 5.32 Å². The molecule has 110 valence electrons. The van der Waals surface area contributed by atoms with Gasteiger partial charge in [0.25, 0.3) is 5.91 Å². The summed E-state index contributed by atoms with van der Waals surface area (Å²) in [5, 5.41) is 2.72. The van der Waals surface area contributed by atoms with Gasteiger partial charge in [-0.1, -0.05) is 12.1 Å². The van der Waals surface area contributed by atoms with Crippen molar-refractivity contribution in [1.29, 1.82) is 0 Å². The van der Waals surface area contributed by atoms with Crippen LogP contribution < -0.4 is 11.1 Å². The molecule has 5 heteroatoms. The molecule has 0 aliphatic heterocycles. The minimum Gasteiger partial charge on any atom is -0.396 e. The number of rotatable bonds is 3. The molecule has 2 aromatic rings. The number of hydrogen-bond acceptors (Lipinski definition) is 2. The van der Waals surface area contributed by atoms with Gasteiger partial charge in [0.2, 0.25) is 0 Å². The number of nitrogens with one attached hydrogen (secondary N) is 1.